The molecule has 2 rings (SSSR count). The molecule has 0 aliphatic heterocycles. The summed E-state index contributed by atoms with van der Waals surface area (Å²) >= 11 is 0. The summed E-state index contributed by atoms with van der Waals surface area (Å²) in [6.07, 6.45) is 0. The maximum absolute atomic E-state index is 5.00. The minimum absolute atomic E-state index is 0.709. The molecule has 2 nitrogen and oxygen atoms in total. The second-order valence-electron chi connectivity index (χ2n) is 3.94. The van der Waals surface area contributed by atoms with Crippen LogP contribution in [-0.2, 0) is 11.3 Å². The van der Waals surface area contributed by atoms with Gasteiger partial charge in [0.05, 0.1) is 13.7 Å². The van der Waals surface area contributed by atoms with Crippen molar-refractivity contribution >= 4 is 0 Å². The molecule has 2 aromatic carbocycles. The van der Waals surface area contributed by atoms with Gasteiger partial charge in [-0.1, -0.05) is 42.5 Å². The van der Waals surface area contributed by atoms with E-state index < -0.39 is 0 Å². The molecule has 0 aromatic heterocycles. The molecule has 0 aliphatic rings. The van der Waals surface area contributed by atoms with Gasteiger partial charge in [-0.2, -0.15) is 0 Å². The van der Waals surface area contributed by atoms with E-state index in [1.54, 1.807) is 14.2 Å². The van der Waals surface area contributed by atoms with Crippen LogP contribution in [0.1, 0.15) is 11.1 Å². The predicted octanol–water partition coefficient (Wildman–Crippen LogP) is 3.84. The molecular weight excluding hydrogens is 224 g/mol. The van der Waals surface area contributed by atoms with Gasteiger partial charge in [-0.25, -0.2) is 0 Å². The van der Waals surface area contributed by atoms with Crippen LogP contribution < -0.4 is 4.74 Å². The van der Waals surface area contributed by atoms with Crippen LogP contribution in [0.4, 0.5) is 0 Å². The van der Waals surface area contributed by atoms with E-state index in [9.17, 15) is 0 Å². The zero-order valence-corrected chi connectivity index (χ0v) is 11.2. The average molecular weight is 244 g/mol. The minimum Gasteiger partial charge on any atom is -0.497 e. The monoisotopic (exact) mass is 244 g/mol. The highest BCUT2D eigenvalue weighted by Gasteiger charge is 1.86. The Bertz CT molecular complexity index is 438. The topological polar surface area (TPSA) is 18.5 Å². The van der Waals surface area contributed by atoms with E-state index in [2.05, 4.69) is 0 Å². The van der Waals surface area contributed by atoms with E-state index in [-0.39, 0.29) is 0 Å². The van der Waals surface area contributed by atoms with Gasteiger partial charge in [0.2, 0.25) is 0 Å². The Morgan fingerprint density at radius 2 is 1.61 bits per heavy atom. The van der Waals surface area contributed by atoms with E-state index >= 15 is 0 Å². The third kappa shape index (κ3) is 5.51. The fourth-order valence-corrected chi connectivity index (χ4v) is 1.48. The van der Waals surface area contributed by atoms with E-state index in [1.807, 2.05) is 61.5 Å². The zero-order chi connectivity index (χ0) is 13.2. The Hall–Kier alpha value is -1.80. The molecular formula is C16H20O2. The van der Waals surface area contributed by atoms with Gasteiger partial charge in [-0.15, -0.1) is 0 Å². The van der Waals surface area contributed by atoms with Crippen molar-refractivity contribution in [2.45, 2.75) is 13.5 Å². The van der Waals surface area contributed by atoms with Crippen molar-refractivity contribution in [3.63, 3.8) is 0 Å². The maximum atomic E-state index is 5.00. The molecule has 0 saturated carbocycles. The summed E-state index contributed by atoms with van der Waals surface area (Å²) in [4.78, 5) is 0. The number of rotatable bonds is 3. The Morgan fingerprint density at radius 1 is 0.889 bits per heavy atom. The highest BCUT2D eigenvalue weighted by atomic mass is 16.5. The predicted molar refractivity (Wildman–Crippen MR) is 74.9 cm³/mol. The number of benzene rings is 2. The Balaban J connectivity index is 0.000000180. The van der Waals surface area contributed by atoms with Crippen LogP contribution in [-0.4, -0.2) is 14.2 Å². The molecule has 18 heavy (non-hydrogen) atoms. The van der Waals surface area contributed by atoms with Crippen LogP contribution in [0.25, 0.3) is 0 Å². The molecule has 0 spiro atoms. The van der Waals surface area contributed by atoms with Gasteiger partial charge in [0, 0.05) is 7.11 Å². The number of hydrogen-bond donors (Lipinski definition) is 0. The summed E-state index contributed by atoms with van der Waals surface area (Å²) in [5, 5.41) is 0. The summed E-state index contributed by atoms with van der Waals surface area (Å²) < 4.78 is 9.92. The molecule has 0 radical (unpaired) electrons. The summed E-state index contributed by atoms with van der Waals surface area (Å²) in [5.41, 5.74) is 2.45. The first kappa shape index (κ1) is 14.3. The number of ether oxygens (including phenoxy) is 2. The smallest absolute Gasteiger partial charge is 0.119 e. The first-order valence-electron chi connectivity index (χ1n) is 5.89. The molecule has 0 bridgehead atoms. The molecule has 0 unspecified atom stereocenters. The molecule has 0 fully saturated rings. The number of hydrogen-bond acceptors (Lipinski definition) is 2. The van der Waals surface area contributed by atoms with Crippen LogP contribution >= 0.6 is 0 Å². The summed E-state index contributed by atoms with van der Waals surface area (Å²) in [5.74, 6) is 0.926. The van der Waals surface area contributed by atoms with E-state index in [4.69, 9.17) is 9.47 Å². The van der Waals surface area contributed by atoms with Crippen molar-refractivity contribution in [1.29, 1.82) is 0 Å². The number of methoxy groups -OCH3 is 2. The van der Waals surface area contributed by atoms with Crippen LogP contribution in [0.5, 0.6) is 5.75 Å². The van der Waals surface area contributed by atoms with Crippen molar-refractivity contribution < 1.29 is 9.47 Å². The number of aryl methyl sites for hydroxylation is 1. The van der Waals surface area contributed by atoms with Crippen molar-refractivity contribution in [1.82, 2.24) is 0 Å². The van der Waals surface area contributed by atoms with E-state index in [1.165, 1.54) is 11.1 Å². The summed E-state index contributed by atoms with van der Waals surface area (Å²) in [6, 6.07) is 18.1. The molecule has 96 valence electrons. The van der Waals surface area contributed by atoms with Gasteiger partial charge in [0.25, 0.3) is 0 Å². The lowest BCUT2D eigenvalue weighted by molar-refractivity contribution is 0.185. The lowest BCUT2D eigenvalue weighted by atomic mass is 10.2. The van der Waals surface area contributed by atoms with Crippen molar-refractivity contribution in [2.24, 2.45) is 0 Å². The molecule has 2 heteroatoms. The third-order valence-electron chi connectivity index (χ3n) is 2.38. The third-order valence-corrected chi connectivity index (χ3v) is 2.38. The quantitative estimate of drug-likeness (QED) is 0.816. The molecule has 0 heterocycles. The van der Waals surface area contributed by atoms with Gasteiger partial charge < -0.3 is 9.47 Å². The van der Waals surface area contributed by atoms with Gasteiger partial charge in [-0.05, 0) is 30.2 Å². The van der Waals surface area contributed by atoms with Crippen molar-refractivity contribution in [3.8, 4) is 5.75 Å². The lowest BCUT2D eigenvalue weighted by Gasteiger charge is -1.97. The Morgan fingerprint density at radius 3 is 2.11 bits per heavy atom. The highest BCUT2D eigenvalue weighted by Crippen LogP contribution is 2.10. The molecule has 2 aromatic rings. The van der Waals surface area contributed by atoms with Crippen LogP contribution in [0.3, 0.4) is 0 Å². The van der Waals surface area contributed by atoms with Gasteiger partial charge in [-0.3, -0.25) is 0 Å². The maximum Gasteiger partial charge on any atom is 0.119 e. The van der Waals surface area contributed by atoms with E-state index in [0.717, 1.165) is 5.75 Å². The zero-order valence-electron chi connectivity index (χ0n) is 11.2. The standard InChI is InChI=1S/2C8H10O/c1-7-4-3-5-8(6-7)9-2;1-9-7-8-5-3-2-4-6-8/h3-6H,1-2H3;2-6H,7H2,1H3. The van der Waals surface area contributed by atoms with Crippen molar-refractivity contribution in [3.05, 3.63) is 65.7 Å². The molecule has 0 saturated heterocycles. The molecule has 0 aliphatic carbocycles. The normalized spacial score (nSPS) is 9.28. The first-order chi connectivity index (χ1) is 8.76. The highest BCUT2D eigenvalue weighted by molar-refractivity contribution is 5.27. The van der Waals surface area contributed by atoms with Crippen molar-refractivity contribution in [2.75, 3.05) is 14.2 Å². The second-order valence-corrected chi connectivity index (χ2v) is 3.94. The molecule has 0 N–H and O–H groups in total. The van der Waals surface area contributed by atoms with Gasteiger partial charge >= 0.3 is 0 Å². The molecule has 0 amide bonds. The van der Waals surface area contributed by atoms with Crippen LogP contribution in [0.2, 0.25) is 0 Å². The van der Waals surface area contributed by atoms with Crippen LogP contribution in [0.15, 0.2) is 54.6 Å². The van der Waals surface area contributed by atoms with Gasteiger partial charge in [0.15, 0.2) is 0 Å². The first-order valence-corrected chi connectivity index (χ1v) is 5.89. The SMILES string of the molecule is COCc1ccccc1.COc1cccc(C)c1. The lowest BCUT2D eigenvalue weighted by Crippen LogP contribution is -1.84. The largest absolute Gasteiger partial charge is 0.497 e. The fraction of sp³-hybridized carbons (Fsp3) is 0.250. The average Bonchev–Trinajstić information content (AvgIpc) is 2.41. The summed E-state index contributed by atoms with van der Waals surface area (Å²) in [6.45, 7) is 2.75. The summed E-state index contributed by atoms with van der Waals surface area (Å²) in [7, 11) is 3.38. The second kappa shape index (κ2) is 8.31. The molecule has 0 atom stereocenters. The fourth-order valence-electron chi connectivity index (χ4n) is 1.48. The van der Waals surface area contributed by atoms with E-state index in [0.29, 0.717) is 6.61 Å². The Labute approximate surface area is 109 Å². The minimum atomic E-state index is 0.709. The van der Waals surface area contributed by atoms with Crippen LogP contribution in [0, 0.1) is 6.92 Å². The Kier molecular flexibility index (Phi) is 6.59. The van der Waals surface area contributed by atoms with Gasteiger partial charge in [0.1, 0.15) is 5.75 Å².